The van der Waals surface area contributed by atoms with Crippen LogP contribution in [0.1, 0.15) is 56.3 Å². The summed E-state index contributed by atoms with van der Waals surface area (Å²) in [5.41, 5.74) is 1.32. The number of likely N-dealkylation sites (tertiary alicyclic amines) is 1. The van der Waals surface area contributed by atoms with Gasteiger partial charge in [0.2, 0.25) is 5.95 Å². The highest BCUT2D eigenvalue weighted by Crippen LogP contribution is 2.25. The average Bonchev–Trinajstić information content (AvgIpc) is 3.42. The van der Waals surface area contributed by atoms with Crippen LogP contribution in [-0.4, -0.2) is 56.6 Å². The first-order valence-electron chi connectivity index (χ1n) is 10.9. The molecule has 0 aromatic carbocycles. The highest BCUT2D eigenvalue weighted by atomic mass is 32.1. The number of fused-ring (bicyclic) bond motifs is 1. The van der Waals surface area contributed by atoms with Gasteiger partial charge in [-0.1, -0.05) is 6.07 Å². The Bertz CT molecular complexity index is 1140. The van der Waals surface area contributed by atoms with Crippen LogP contribution in [0.15, 0.2) is 35.8 Å². The molecule has 33 heavy (non-hydrogen) atoms. The number of hydrogen-bond donors (Lipinski definition) is 2. The molecule has 1 fully saturated rings. The normalized spacial score (nSPS) is 17.1. The van der Waals surface area contributed by atoms with Gasteiger partial charge in [-0.2, -0.15) is 0 Å². The predicted molar refractivity (Wildman–Crippen MR) is 127 cm³/mol. The second-order valence-electron chi connectivity index (χ2n) is 9.04. The molecule has 174 valence electrons. The number of pyridine rings is 1. The van der Waals surface area contributed by atoms with E-state index in [-0.39, 0.29) is 24.1 Å². The fourth-order valence-electron chi connectivity index (χ4n) is 3.61. The highest BCUT2D eigenvalue weighted by molar-refractivity contribution is 7.17. The van der Waals surface area contributed by atoms with Crippen LogP contribution in [0.4, 0.5) is 10.7 Å². The summed E-state index contributed by atoms with van der Waals surface area (Å²) in [7, 11) is 0. The molecule has 4 rings (SSSR count). The van der Waals surface area contributed by atoms with Gasteiger partial charge in [-0.15, -0.1) is 11.3 Å². The Kier molecular flexibility index (Phi) is 6.46. The van der Waals surface area contributed by atoms with Crippen LogP contribution in [0.3, 0.4) is 0 Å². The van der Waals surface area contributed by atoms with Crippen molar-refractivity contribution in [1.82, 2.24) is 25.2 Å². The van der Waals surface area contributed by atoms with Gasteiger partial charge >= 0.3 is 6.09 Å². The van der Waals surface area contributed by atoms with E-state index in [1.165, 1.54) is 11.3 Å². The van der Waals surface area contributed by atoms with Crippen LogP contribution in [0, 0.1) is 0 Å². The Labute approximate surface area is 196 Å². The predicted octanol–water partition coefficient (Wildman–Crippen LogP) is 4.00. The second-order valence-corrected chi connectivity index (χ2v) is 9.95. The van der Waals surface area contributed by atoms with Gasteiger partial charge in [-0.3, -0.25) is 9.78 Å². The maximum atomic E-state index is 13.2. The standard InChI is InChI=1S/C23H28N6O3S/c1-14(16-7-5-6-10-24-16)25-21-27-17-9-12-33-19(17)18(28-21)20(30)26-15-8-11-29(13-15)22(31)32-23(2,3)4/h5-7,9-10,12,14-15H,8,11,13H2,1-4H3,(H,26,30)(H,25,27,28)/t14?,15-/m0/s1. The van der Waals surface area contributed by atoms with Crippen LogP contribution < -0.4 is 10.6 Å². The number of rotatable bonds is 5. The number of aromatic nitrogens is 3. The molecule has 1 aliphatic heterocycles. The molecule has 0 bridgehead atoms. The minimum atomic E-state index is -0.556. The minimum absolute atomic E-state index is 0.129. The molecule has 3 aromatic rings. The first-order chi connectivity index (χ1) is 15.7. The molecule has 0 spiro atoms. The highest BCUT2D eigenvalue weighted by Gasteiger charge is 2.31. The molecule has 10 heteroatoms. The number of carbonyl (C=O) groups is 2. The monoisotopic (exact) mass is 468 g/mol. The third-order valence-corrected chi connectivity index (χ3v) is 6.08. The van der Waals surface area contributed by atoms with Crippen LogP contribution in [0.2, 0.25) is 0 Å². The summed E-state index contributed by atoms with van der Waals surface area (Å²) < 4.78 is 6.17. The van der Waals surface area contributed by atoms with Gasteiger partial charge in [0.1, 0.15) is 5.60 Å². The number of ether oxygens (including phenoxy) is 1. The maximum Gasteiger partial charge on any atom is 0.410 e. The summed E-state index contributed by atoms with van der Waals surface area (Å²) in [6.07, 6.45) is 2.03. The molecule has 2 amide bonds. The lowest BCUT2D eigenvalue weighted by Crippen LogP contribution is -2.40. The van der Waals surface area contributed by atoms with Crippen LogP contribution in [-0.2, 0) is 4.74 Å². The van der Waals surface area contributed by atoms with E-state index in [2.05, 4.69) is 25.6 Å². The van der Waals surface area contributed by atoms with Gasteiger partial charge < -0.3 is 20.3 Å². The lowest BCUT2D eigenvalue weighted by molar-refractivity contribution is 0.0290. The Hall–Kier alpha value is -3.27. The van der Waals surface area contributed by atoms with Crippen molar-refractivity contribution in [2.75, 3.05) is 18.4 Å². The van der Waals surface area contributed by atoms with Crippen molar-refractivity contribution in [2.45, 2.75) is 51.8 Å². The van der Waals surface area contributed by atoms with E-state index < -0.39 is 5.60 Å². The number of anilines is 1. The summed E-state index contributed by atoms with van der Waals surface area (Å²) in [5, 5.41) is 8.16. The summed E-state index contributed by atoms with van der Waals surface area (Å²) >= 11 is 1.43. The first kappa shape index (κ1) is 22.9. The first-order valence-corrected chi connectivity index (χ1v) is 11.8. The molecular weight excluding hydrogens is 440 g/mol. The Morgan fingerprint density at radius 2 is 2.06 bits per heavy atom. The summed E-state index contributed by atoms with van der Waals surface area (Å²) in [4.78, 5) is 40.5. The van der Waals surface area contributed by atoms with Crippen molar-refractivity contribution in [2.24, 2.45) is 0 Å². The zero-order valence-electron chi connectivity index (χ0n) is 19.2. The molecule has 0 aliphatic carbocycles. The third kappa shape index (κ3) is 5.57. The molecule has 3 aromatic heterocycles. The summed E-state index contributed by atoms with van der Waals surface area (Å²) in [6.45, 7) is 8.41. The van der Waals surface area contributed by atoms with Crippen LogP contribution in [0.25, 0.3) is 10.2 Å². The third-order valence-electron chi connectivity index (χ3n) is 5.17. The lowest BCUT2D eigenvalue weighted by Gasteiger charge is -2.24. The molecule has 0 saturated carbocycles. The number of thiophene rings is 1. The zero-order valence-corrected chi connectivity index (χ0v) is 20.0. The quantitative estimate of drug-likeness (QED) is 0.582. The molecule has 2 atom stereocenters. The van der Waals surface area contributed by atoms with E-state index in [4.69, 9.17) is 4.74 Å². The van der Waals surface area contributed by atoms with E-state index in [9.17, 15) is 9.59 Å². The number of nitrogens with one attached hydrogen (secondary N) is 2. The topological polar surface area (TPSA) is 109 Å². The molecule has 1 saturated heterocycles. The molecule has 0 radical (unpaired) electrons. The molecule has 1 aliphatic rings. The Morgan fingerprint density at radius 1 is 1.24 bits per heavy atom. The van der Waals surface area contributed by atoms with E-state index in [1.807, 2.05) is 57.3 Å². The van der Waals surface area contributed by atoms with Gasteiger partial charge in [-0.25, -0.2) is 14.8 Å². The van der Waals surface area contributed by atoms with Crippen molar-refractivity contribution in [1.29, 1.82) is 0 Å². The van der Waals surface area contributed by atoms with Crippen LogP contribution >= 0.6 is 11.3 Å². The number of nitrogens with zero attached hydrogens (tertiary/aromatic N) is 4. The number of hydrogen-bond acceptors (Lipinski definition) is 8. The van der Waals surface area contributed by atoms with Gasteiger partial charge in [0.15, 0.2) is 5.69 Å². The van der Waals surface area contributed by atoms with E-state index in [1.54, 1.807) is 11.1 Å². The fourth-order valence-corrected chi connectivity index (χ4v) is 4.42. The molecule has 2 N–H and O–H groups in total. The largest absolute Gasteiger partial charge is 0.444 e. The van der Waals surface area contributed by atoms with E-state index in [0.717, 1.165) is 10.4 Å². The van der Waals surface area contributed by atoms with Crippen LogP contribution in [0.5, 0.6) is 0 Å². The number of amides is 2. The Morgan fingerprint density at radius 3 is 2.79 bits per heavy atom. The smallest absolute Gasteiger partial charge is 0.410 e. The summed E-state index contributed by atoms with van der Waals surface area (Å²) in [5.74, 6) is 0.0837. The van der Waals surface area contributed by atoms with Gasteiger partial charge in [0, 0.05) is 25.3 Å². The molecule has 1 unspecified atom stereocenters. The zero-order chi connectivity index (χ0) is 23.6. The molecular formula is C23H28N6O3S. The van der Waals surface area contributed by atoms with Crippen molar-refractivity contribution in [3.63, 3.8) is 0 Å². The van der Waals surface area contributed by atoms with Crippen molar-refractivity contribution >= 4 is 39.5 Å². The Balaban J connectivity index is 1.47. The SMILES string of the molecule is CC(Nc1nc(C(=O)N[C@H]2CCN(C(=O)OC(C)(C)C)C2)c2sccc2n1)c1ccccn1. The second kappa shape index (κ2) is 9.30. The summed E-state index contributed by atoms with van der Waals surface area (Å²) in [6, 6.07) is 7.28. The molecule has 9 nitrogen and oxygen atoms in total. The van der Waals surface area contributed by atoms with E-state index >= 15 is 0 Å². The van der Waals surface area contributed by atoms with E-state index in [0.29, 0.717) is 36.7 Å². The van der Waals surface area contributed by atoms with Crippen molar-refractivity contribution in [3.05, 3.63) is 47.2 Å². The van der Waals surface area contributed by atoms with Gasteiger partial charge in [0.25, 0.3) is 5.91 Å². The van der Waals surface area contributed by atoms with Gasteiger partial charge in [0.05, 0.1) is 22.0 Å². The van der Waals surface area contributed by atoms with Gasteiger partial charge in [-0.05, 0) is 57.7 Å². The fraction of sp³-hybridized carbons (Fsp3) is 0.435. The van der Waals surface area contributed by atoms with Crippen molar-refractivity contribution in [3.8, 4) is 0 Å². The number of carbonyl (C=O) groups excluding carboxylic acids is 2. The molecule has 4 heterocycles. The van der Waals surface area contributed by atoms with Crippen molar-refractivity contribution < 1.29 is 14.3 Å². The minimum Gasteiger partial charge on any atom is -0.444 e. The lowest BCUT2D eigenvalue weighted by atomic mass is 10.2. The maximum absolute atomic E-state index is 13.2. The average molecular weight is 469 g/mol.